The van der Waals surface area contributed by atoms with E-state index < -0.39 is 12.8 Å². The number of nitrogens with one attached hydrogen (secondary N) is 1. The molecule has 0 aliphatic carbocycles. The Balaban J connectivity index is 0.00000450. The number of hydrogen-bond acceptors (Lipinski definition) is 6. The van der Waals surface area contributed by atoms with Crippen LogP contribution in [0.1, 0.15) is 29.3 Å². The fourth-order valence-corrected chi connectivity index (χ4v) is 3.24. The maximum Gasteiger partial charge on any atom is 0.422 e. The molecule has 0 spiro atoms. The smallest absolute Gasteiger partial charge is 0.422 e. The van der Waals surface area contributed by atoms with Crippen molar-refractivity contribution in [2.24, 2.45) is 4.99 Å². The Kier molecular flexibility index (Phi) is 10.8. The highest BCUT2D eigenvalue weighted by atomic mass is 127. The molecule has 0 aliphatic heterocycles. The number of nitrogens with zero attached hydrogens (tertiary/aromatic N) is 4. The fraction of sp³-hybridized carbons (Fsp3) is 0.500. The summed E-state index contributed by atoms with van der Waals surface area (Å²) < 4.78 is 47.3. The third-order valence-corrected chi connectivity index (χ3v) is 4.96. The van der Waals surface area contributed by atoms with E-state index in [0.717, 1.165) is 10.7 Å². The molecule has 2 aromatic heterocycles. The van der Waals surface area contributed by atoms with Gasteiger partial charge in [0, 0.05) is 44.9 Å². The molecule has 0 radical (unpaired) electrons. The summed E-state index contributed by atoms with van der Waals surface area (Å²) in [6.07, 6.45) is -3.11. The summed E-state index contributed by atoms with van der Waals surface area (Å²) in [5.74, 6) is 0.498. The third-order valence-electron chi connectivity index (χ3n) is 3.90. The Morgan fingerprint density at radius 2 is 2.13 bits per heavy atom. The predicted molar refractivity (Wildman–Crippen MR) is 120 cm³/mol. The molecule has 2 heterocycles. The minimum Gasteiger partial charge on any atom is -0.468 e. The van der Waals surface area contributed by atoms with Gasteiger partial charge in [-0.2, -0.15) is 13.2 Å². The van der Waals surface area contributed by atoms with Crippen LogP contribution in [0, 0.1) is 0 Å². The zero-order valence-electron chi connectivity index (χ0n) is 17.1. The summed E-state index contributed by atoms with van der Waals surface area (Å²) in [6.45, 7) is 1.26. The zero-order chi connectivity index (χ0) is 21.4. The molecule has 1 N–H and O–H groups in total. The number of pyridine rings is 1. The molecule has 0 bridgehead atoms. The number of methoxy groups -OCH3 is 1. The van der Waals surface area contributed by atoms with Crippen LogP contribution in [0.25, 0.3) is 0 Å². The van der Waals surface area contributed by atoms with E-state index in [-0.39, 0.29) is 42.5 Å². The molecule has 1 unspecified atom stereocenters. The van der Waals surface area contributed by atoms with Crippen molar-refractivity contribution in [2.75, 3.05) is 27.8 Å². The fourth-order valence-electron chi connectivity index (χ4n) is 2.40. The van der Waals surface area contributed by atoms with Crippen molar-refractivity contribution in [1.82, 2.24) is 20.2 Å². The lowest BCUT2D eigenvalue weighted by Crippen LogP contribution is -2.38. The number of aromatic nitrogens is 2. The highest BCUT2D eigenvalue weighted by Crippen LogP contribution is 2.21. The van der Waals surface area contributed by atoms with Gasteiger partial charge >= 0.3 is 6.18 Å². The first kappa shape index (κ1) is 26.4. The third kappa shape index (κ3) is 8.22. The molecule has 2 rings (SSSR count). The van der Waals surface area contributed by atoms with Crippen molar-refractivity contribution in [3.63, 3.8) is 0 Å². The number of halogens is 4. The largest absolute Gasteiger partial charge is 0.468 e. The van der Waals surface area contributed by atoms with Gasteiger partial charge in [0.2, 0.25) is 5.88 Å². The van der Waals surface area contributed by atoms with Crippen LogP contribution in [-0.2, 0) is 17.8 Å². The quantitative estimate of drug-likeness (QED) is 0.300. The van der Waals surface area contributed by atoms with Gasteiger partial charge in [-0.05, 0) is 13.0 Å². The number of hydrogen-bond donors (Lipinski definition) is 1. The van der Waals surface area contributed by atoms with Gasteiger partial charge in [0.25, 0.3) is 0 Å². The standard InChI is InChI=1S/C18H24F3N5O2S.HI/c1-12(27-4)16-25-14(10-29-16)9-26(3)17(22-2)24-8-13-6-5-7-23-15(13)28-11-18(19,20)21;/h5-7,10,12H,8-9,11H2,1-4H3,(H,22,24);1H. The molecule has 1 atom stereocenters. The zero-order valence-corrected chi connectivity index (χ0v) is 20.2. The first-order valence-electron chi connectivity index (χ1n) is 8.75. The number of rotatable bonds is 8. The second-order valence-corrected chi connectivity index (χ2v) is 7.07. The summed E-state index contributed by atoms with van der Waals surface area (Å²) in [6, 6.07) is 3.29. The van der Waals surface area contributed by atoms with Gasteiger partial charge in [-0.3, -0.25) is 4.99 Å². The normalized spacial score (nSPS) is 12.8. The van der Waals surface area contributed by atoms with Crippen LogP contribution in [-0.4, -0.2) is 54.8 Å². The lowest BCUT2D eigenvalue weighted by atomic mass is 10.2. The molecular weight excluding hydrogens is 534 g/mol. The van der Waals surface area contributed by atoms with Gasteiger partial charge in [0.15, 0.2) is 12.6 Å². The van der Waals surface area contributed by atoms with Crippen molar-refractivity contribution >= 4 is 41.3 Å². The lowest BCUT2D eigenvalue weighted by molar-refractivity contribution is -0.154. The Morgan fingerprint density at radius 1 is 1.40 bits per heavy atom. The Labute approximate surface area is 194 Å². The molecule has 0 aromatic carbocycles. The molecule has 0 amide bonds. The predicted octanol–water partition coefficient (Wildman–Crippen LogP) is 4.01. The molecular formula is C18H25F3IN5O2S. The number of thiazole rings is 1. The van der Waals surface area contributed by atoms with E-state index in [1.807, 2.05) is 24.3 Å². The number of aliphatic imine (C=N–C) groups is 1. The molecule has 30 heavy (non-hydrogen) atoms. The Hall–Kier alpha value is -1.67. The van der Waals surface area contributed by atoms with Crippen LogP contribution >= 0.6 is 35.3 Å². The molecule has 0 aliphatic rings. The van der Waals surface area contributed by atoms with Gasteiger partial charge in [-0.15, -0.1) is 35.3 Å². The van der Waals surface area contributed by atoms with Crippen LogP contribution < -0.4 is 10.1 Å². The van der Waals surface area contributed by atoms with E-state index >= 15 is 0 Å². The van der Waals surface area contributed by atoms with Crippen molar-refractivity contribution in [3.05, 3.63) is 40.0 Å². The molecule has 0 saturated heterocycles. The van der Waals surface area contributed by atoms with Gasteiger partial charge < -0.3 is 19.7 Å². The van der Waals surface area contributed by atoms with Gasteiger partial charge in [-0.1, -0.05) is 6.07 Å². The summed E-state index contributed by atoms with van der Waals surface area (Å²) in [5, 5.41) is 5.96. The lowest BCUT2D eigenvalue weighted by Gasteiger charge is -2.21. The minimum absolute atomic E-state index is 0. The van der Waals surface area contributed by atoms with E-state index in [0.29, 0.717) is 18.1 Å². The van der Waals surface area contributed by atoms with Crippen molar-refractivity contribution in [1.29, 1.82) is 0 Å². The molecule has 12 heteroatoms. The summed E-state index contributed by atoms with van der Waals surface area (Å²) in [7, 11) is 5.11. The highest BCUT2D eigenvalue weighted by molar-refractivity contribution is 14.0. The maximum absolute atomic E-state index is 12.4. The minimum atomic E-state index is -4.43. The monoisotopic (exact) mass is 559 g/mol. The van der Waals surface area contributed by atoms with Crippen LogP contribution in [0.2, 0.25) is 0 Å². The van der Waals surface area contributed by atoms with Crippen LogP contribution in [0.5, 0.6) is 5.88 Å². The average Bonchev–Trinajstić information content (AvgIpc) is 3.14. The Morgan fingerprint density at radius 3 is 2.77 bits per heavy atom. The molecule has 7 nitrogen and oxygen atoms in total. The van der Waals surface area contributed by atoms with Crippen LogP contribution in [0.3, 0.4) is 0 Å². The van der Waals surface area contributed by atoms with Crippen LogP contribution in [0.15, 0.2) is 28.7 Å². The van der Waals surface area contributed by atoms with E-state index in [1.165, 1.54) is 17.5 Å². The van der Waals surface area contributed by atoms with Crippen molar-refractivity contribution in [3.8, 4) is 5.88 Å². The second kappa shape index (κ2) is 12.2. The highest BCUT2D eigenvalue weighted by Gasteiger charge is 2.29. The van der Waals surface area contributed by atoms with Crippen LogP contribution in [0.4, 0.5) is 13.2 Å². The van der Waals surface area contributed by atoms with E-state index in [1.54, 1.807) is 26.3 Å². The first-order valence-corrected chi connectivity index (χ1v) is 9.63. The molecule has 0 fully saturated rings. The summed E-state index contributed by atoms with van der Waals surface area (Å²) in [4.78, 5) is 14.5. The molecule has 0 saturated carbocycles. The van der Waals surface area contributed by atoms with E-state index in [4.69, 9.17) is 9.47 Å². The molecule has 2 aromatic rings. The van der Waals surface area contributed by atoms with Gasteiger partial charge in [0.1, 0.15) is 11.1 Å². The summed E-state index contributed by atoms with van der Waals surface area (Å²) in [5.41, 5.74) is 1.37. The average molecular weight is 559 g/mol. The molecule has 168 valence electrons. The van der Waals surface area contributed by atoms with Gasteiger partial charge in [0.05, 0.1) is 12.2 Å². The second-order valence-electron chi connectivity index (χ2n) is 6.18. The SMILES string of the molecule is CN=C(NCc1cccnc1OCC(F)(F)F)N(C)Cc1csc(C(C)OC)n1.I. The van der Waals surface area contributed by atoms with Crippen molar-refractivity contribution < 1.29 is 22.6 Å². The van der Waals surface area contributed by atoms with E-state index in [2.05, 4.69) is 20.3 Å². The van der Waals surface area contributed by atoms with Crippen molar-refractivity contribution in [2.45, 2.75) is 32.3 Å². The summed E-state index contributed by atoms with van der Waals surface area (Å²) >= 11 is 1.52. The van der Waals surface area contributed by atoms with Gasteiger partial charge in [-0.25, -0.2) is 9.97 Å². The van der Waals surface area contributed by atoms with E-state index in [9.17, 15) is 13.2 Å². The topological polar surface area (TPSA) is 71.9 Å². The maximum atomic E-state index is 12.4. The number of alkyl halides is 3. The first-order chi connectivity index (χ1) is 13.7. The number of guanidine groups is 1. The Bertz CT molecular complexity index is 819. The number of ether oxygens (including phenoxy) is 2.